The molecule has 1 N–H and O–H groups in total. The maximum Gasteiger partial charge on any atom is 0.419 e. The third-order valence-electron chi connectivity index (χ3n) is 2.65. The number of carbonyl (C=O) groups excluding carboxylic acids is 1. The van der Waals surface area contributed by atoms with Gasteiger partial charge in [0.15, 0.2) is 5.76 Å². The molecule has 1 heterocycles. The van der Waals surface area contributed by atoms with Crippen molar-refractivity contribution in [3.63, 3.8) is 0 Å². The summed E-state index contributed by atoms with van der Waals surface area (Å²) in [6.45, 7) is 2.56. The van der Waals surface area contributed by atoms with E-state index < -0.39 is 5.76 Å². The highest BCUT2D eigenvalue weighted by Gasteiger charge is 2.10. The van der Waals surface area contributed by atoms with E-state index in [9.17, 15) is 9.59 Å². The van der Waals surface area contributed by atoms with Crippen LogP contribution < -0.4 is 11.1 Å². The number of nitrogens with zero attached hydrogens (tertiary/aromatic N) is 1. The van der Waals surface area contributed by atoms with E-state index in [0.29, 0.717) is 12.3 Å². The molecule has 0 saturated heterocycles. The molecule has 0 aliphatic heterocycles. The molecule has 19 heavy (non-hydrogen) atoms. The highest BCUT2D eigenvalue weighted by Crippen LogP contribution is 2.16. The molecule has 0 unspecified atom stereocenters. The number of amides is 1. The van der Waals surface area contributed by atoms with Gasteiger partial charge in [-0.2, -0.15) is 0 Å². The standard InChI is InChI=1S/C14H16N2O3/c1-2-8-15-13(17)10-16-9-12(19-14(16)18)11-6-4-3-5-7-11/h3-7,9H,2,8,10H2,1H3,(H,15,17). The molecule has 0 fully saturated rings. The van der Waals surface area contributed by atoms with Gasteiger partial charge in [0.2, 0.25) is 5.91 Å². The molecule has 5 heteroatoms. The van der Waals surface area contributed by atoms with Crippen LogP contribution in [-0.4, -0.2) is 17.0 Å². The minimum absolute atomic E-state index is 0.0187. The molecule has 1 amide bonds. The zero-order valence-electron chi connectivity index (χ0n) is 10.8. The molecule has 0 saturated carbocycles. The smallest absolute Gasteiger partial charge is 0.408 e. The van der Waals surface area contributed by atoms with Gasteiger partial charge < -0.3 is 9.73 Å². The number of hydrogen-bond donors (Lipinski definition) is 1. The average Bonchev–Trinajstić information content (AvgIpc) is 2.79. The maximum absolute atomic E-state index is 11.6. The lowest BCUT2D eigenvalue weighted by molar-refractivity contribution is -0.121. The molecule has 2 aromatic rings. The molecule has 1 aromatic carbocycles. The first-order valence-electron chi connectivity index (χ1n) is 6.23. The molecule has 2 rings (SSSR count). The Morgan fingerprint density at radius 3 is 2.74 bits per heavy atom. The van der Waals surface area contributed by atoms with Gasteiger partial charge in [-0.3, -0.25) is 9.36 Å². The molecule has 0 atom stereocenters. The first-order chi connectivity index (χ1) is 9.20. The van der Waals surface area contributed by atoms with Crippen LogP contribution in [-0.2, 0) is 11.3 Å². The number of nitrogens with one attached hydrogen (secondary N) is 1. The first-order valence-corrected chi connectivity index (χ1v) is 6.23. The fraction of sp³-hybridized carbons (Fsp3) is 0.286. The van der Waals surface area contributed by atoms with Crippen LogP contribution in [0, 0.1) is 0 Å². The molecule has 100 valence electrons. The number of carbonyl (C=O) groups is 1. The summed E-state index contributed by atoms with van der Waals surface area (Å²) in [5.41, 5.74) is 0.812. The molecular formula is C14H16N2O3. The molecule has 0 bridgehead atoms. The van der Waals surface area contributed by atoms with Crippen molar-refractivity contribution >= 4 is 5.91 Å². The predicted molar refractivity (Wildman–Crippen MR) is 71.7 cm³/mol. The second-order valence-electron chi connectivity index (χ2n) is 4.21. The predicted octanol–water partition coefficient (Wildman–Crippen LogP) is 1.63. The third-order valence-corrected chi connectivity index (χ3v) is 2.65. The van der Waals surface area contributed by atoms with Gasteiger partial charge in [0, 0.05) is 12.1 Å². The lowest BCUT2D eigenvalue weighted by atomic mass is 10.2. The normalized spacial score (nSPS) is 10.4. The Hall–Kier alpha value is -2.30. The summed E-state index contributed by atoms with van der Waals surface area (Å²) in [6.07, 6.45) is 2.42. The highest BCUT2D eigenvalue weighted by atomic mass is 16.4. The summed E-state index contributed by atoms with van der Waals surface area (Å²) in [6, 6.07) is 9.30. The van der Waals surface area contributed by atoms with Crippen molar-refractivity contribution in [3.05, 3.63) is 47.1 Å². The van der Waals surface area contributed by atoms with Crippen molar-refractivity contribution in [2.24, 2.45) is 0 Å². The third kappa shape index (κ3) is 3.34. The summed E-state index contributed by atoms with van der Waals surface area (Å²) < 4.78 is 6.40. The number of oxazole rings is 1. The summed E-state index contributed by atoms with van der Waals surface area (Å²) in [5, 5.41) is 2.72. The van der Waals surface area contributed by atoms with E-state index >= 15 is 0 Å². The SMILES string of the molecule is CCCNC(=O)Cn1cc(-c2ccccc2)oc1=O. The van der Waals surface area contributed by atoms with Gasteiger partial charge in [-0.05, 0) is 6.42 Å². The second-order valence-corrected chi connectivity index (χ2v) is 4.21. The van der Waals surface area contributed by atoms with Gasteiger partial charge in [0.1, 0.15) is 6.54 Å². The summed E-state index contributed by atoms with van der Waals surface area (Å²) in [5.74, 6) is -0.247. The number of hydrogen-bond acceptors (Lipinski definition) is 3. The monoisotopic (exact) mass is 260 g/mol. The summed E-state index contributed by atoms with van der Waals surface area (Å²) in [4.78, 5) is 23.2. The van der Waals surface area contributed by atoms with Crippen molar-refractivity contribution in [2.45, 2.75) is 19.9 Å². The van der Waals surface area contributed by atoms with Crippen LogP contribution in [0.4, 0.5) is 0 Å². The minimum Gasteiger partial charge on any atom is -0.408 e. The van der Waals surface area contributed by atoms with Gasteiger partial charge in [-0.25, -0.2) is 4.79 Å². The molecule has 0 radical (unpaired) electrons. The van der Waals surface area contributed by atoms with E-state index in [1.165, 1.54) is 4.57 Å². The molecular weight excluding hydrogens is 244 g/mol. The lowest BCUT2D eigenvalue weighted by Crippen LogP contribution is -2.30. The van der Waals surface area contributed by atoms with Gasteiger partial charge in [-0.1, -0.05) is 37.3 Å². The van der Waals surface area contributed by atoms with E-state index in [1.54, 1.807) is 6.20 Å². The van der Waals surface area contributed by atoms with Gasteiger partial charge in [0.25, 0.3) is 0 Å². The number of rotatable bonds is 5. The number of benzene rings is 1. The number of aromatic nitrogens is 1. The second kappa shape index (κ2) is 6.04. The Bertz CT molecular complexity index is 599. The maximum atomic E-state index is 11.6. The van der Waals surface area contributed by atoms with Crippen LogP contribution >= 0.6 is 0 Å². The molecule has 1 aromatic heterocycles. The Kier molecular flexibility index (Phi) is 4.18. The quantitative estimate of drug-likeness (QED) is 0.888. The summed E-state index contributed by atoms with van der Waals surface area (Å²) >= 11 is 0. The Labute approximate surface area is 110 Å². The van der Waals surface area contributed by atoms with E-state index in [1.807, 2.05) is 37.3 Å². The van der Waals surface area contributed by atoms with E-state index in [4.69, 9.17) is 4.42 Å². The largest absolute Gasteiger partial charge is 0.419 e. The van der Waals surface area contributed by atoms with Crippen LogP contribution in [0.5, 0.6) is 0 Å². The van der Waals surface area contributed by atoms with Crippen LogP contribution in [0.15, 0.2) is 45.7 Å². The van der Waals surface area contributed by atoms with Crippen molar-refractivity contribution in [2.75, 3.05) is 6.54 Å². The van der Waals surface area contributed by atoms with Crippen molar-refractivity contribution in [3.8, 4) is 11.3 Å². The van der Waals surface area contributed by atoms with Gasteiger partial charge >= 0.3 is 5.76 Å². The molecule has 0 aliphatic rings. The Balaban J connectivity index is 2.14. The highest BCUT2D eigenvalue weighted by molar-refractivity contribution is 5.75. The fourth-order valence-electron chi connectivity index (χ4n) is 1.69. The topological polar surface area (TPSA) is 64.2 Å². The Morgan fingerprint density at radius 1 is 1.32 bits per heavy atom. The first kappa shape index (κ1) is 13.1. The minimum atomic E-state index is -0.523. The van der Waals surface area contributed by atoms with Crippen molar-refractivity contribution < 1.29 is 9.21 Å². The molecule has 5 nitrogen and oxygen atoms in total. The zero-order valence-corrected chi connectivity index (χ0v) is 10.8. The average molecular weight is 260 g/mol. The Morgan fingerprint density at radius 2 is 2.05 bits per heavy atom. The van der Waals surface area contributed by atoms with E-state index in [2.05, 4.69) is 5.32 Å². The molecule has 0 aliphatic carbocycles. The van der Waals surface area contributed by atoms with Crippen LogP contribution in [0.1, 0.15) is 13.3 Å². The van der Waals surface area contributed by atoms with Crippen molar-refractivity contribution in [1.29, 1.82) is 0 Å². The zero-order chi connectivity index (χ0) is 13.7. The molecule has 0 spiro atoms. The van der Waals surface area contributed by atoms with Crippen LogP contribution in [0.3, 0.4) is 0 Å². The van der Waals surface area contributed by atoms with E-state index in [-0.39, 0.29) is 12.5 Å². The summed E-state index contributed by atoms with van der Waals surface area (Å²) in [7, 11) is 0. The van der Waals surface area contributed by atoms with Gasteiger partial charge in [0.05, 0.1) is 6.20 Å². The van der Waals surface area contributed by atoms with E-state index in [0.717, 1.165) is 12.0 Å². The van der Waals surface area contributed by atoms with Crippen LogP contribution in [0.2, 0.25) is 0 Å². The van der Waals surface area contributed by atoms with Crippen molar-refractivity contribution in [1.82, 2.24) is 9.88 Å². The van der Waals surface area contributed by atoms with Gasteiger partial charge in [-0.15, -0.1) is 0 Å². The fourth-order valence-corrected chi connectivity index (χ4v) is 1.69. The lowest BCUT2D eigenvalue weighted by Gasteiger charge is -2.02. The van der Waals surface area contributed by atoms with Crippen LogP contribution in [0.25, 0.3) is 11.3 Å².